The lowest BCUT2D eigenvalue weighted by Crippen LogP contribution is -2.31. The highest BCUT2D eigenvalue weighted by Gasteiger charge is 2.09. The van der Waals surface area contributed by atoms with E-state index in [1.54, 1.807) is 14.0 Å². The van der Waals surface area contributed by atoms with Gasteiger partial charge in [0.25, 0.3) is 0 Å². The Bertz CT molecular complexity index is 192. The number of hydrogen-bond donors (Lipinski definition) is 4. The summed E-state index contributed by atoms with van der Waals surface area (Å²) in [5.41, 5.74) is 3.18. The summed E-state index contributed by atoms with van der Waals surface area (Å²) in [5.74, 6) is -0.327. The van der Waals surface area contributed by atoms with Crippen molar-refractivity contribution in [2.75, 3.05) is 20.3 Å². The molecule has 0 aliphatic carbocycles. The van der Waals surface area contributed by atoms with Crippen LogP contribution in [0.4, 0.5) is 0 Å². The normalized spacial score (nSPS) is 11.6. The Kier molecular flexibility index (Phi) is 6.38. The van der Waals surface area contributed by atoms with Gasteiger partial charge in [0.05, 0.1) is 13.2 Å². The van der Waals surface area contributed by atoms with Crippen molar-refractivity contribution in [3.63, 3.8) is 0 Å². The molecule has 0 saturated heterocycles. The Hall–Kier alpha value is -0.720. The smallest absolute Gasteiger partial charge is 0.186 e. The van der Waals surface area contributed by atoms with Crippen molar-refractivity contribution in [1.29, 1.82) is 0 Å². The van der Waals surface area contributed by atoms with Crippen LogP contribution in [-0.4, -0.2) is 41.3 Å². The fourth-order valence-electron chi connectivity index (χ4n) is 0.608. The first-order valence-corrected chi connectivity index (χ1v) is 4.30. The van der Waals surface area contributed by atoms with Crippen LogP contribution in [-0.2, 0) is 0 Å². The quantitative estimate of drug-likeness (QED) is 0.271. The van der Waals surface area contributed by atoms with Crippen LogP contribution in [0.5, 0.6) is 0 Å². The molecule has 0 spiro atoms. The fraction of sp³-hybridized carbons (Fsp3) is 0.714. The lowest BCUT2D eigenvalue weighted by molar-refractivity contribution is 0.187. The maximum absolute atomic E-state index is 8.80. The van der Waals surface area contributed by atoms with E-state index < -0.39 is 0 Å². The molecule has 0 aliphatic heterocycles. The first kappa shape index (κ1) is 12.3. The molecule has 0 aromatic heterocycles. The van der Waals surface area contributed by atoms with Gasteiger partial charge in [-0.15, -0.1) is 0 Å². The highest BCUT2D eigenvalue weighted by atomic mass is 32.1. The maximum Gasteiger partial charge on any atom is 0.186 e. The van der Waals surface area contributed by atoms with Crippen molar-refractivity contribution < 1.29 is 10.2 Å². The minimum atomic E-state index is -0.327. The highest BCUT2D eigenvalue weighted by Crippen LogP contribution is 1.96. The van der Waals surface area contributed by atoms with Crippen molar-refractivity contribution in [2.24, 2.45) is 11.0 Å². The van der Waals surface area contributed by atoms with Crippen LogP contribution in [0.3, 0.4) is 0 Å². The molecular formula is C7H15N3O2S. The fourth-order valence-corrected chi connectivity index (χ4v) is 0.654. The molecule has 0 aromatic rings. The Morgan fingerprint density at radius 1 is 1.46 bits per heavy atom. The van der Waals surface area contributed by atoms with E-state index in [0.29, 0.717) is 10.8 Å². The van der Waals surface area contributed by atoms with Crippen LogP contribution in [0.2, 0.25) is 0 Å². The molecule has 0 aliphatic rings. The number of aliphatic hydroxyl groups excluding tert-OH is 2. The second kappa shape index (κ2) is 6.76. The van der Waals surface area contributed by atoms with E-state index in [2.05, 4.69) is 15.8 Å². The molecule has 4 N–H and O–H groups in total. The molecular weight excluding hydrogens is 190 g/mol. The lowest BCUT2D eigenvalue weighted by atomic mass is 10.1. The number of thiocarbonyl (C=S) groups is 1. The number of rotatable bonds is 4. The molecule has 0 unspecified atom stereocenters. The SMILES string of the molecule is CNC(=S)NN=C(C)C(CO)CO. The monoisotopic (exact) mass is 205 g/mol. The highest BCUT2D eigenvalue weighted by molar-refractivity contribution is 7.80. The molecule has 0 fully saturated rings. The zero-order valence-electron chi connectivity index (χ0n) is 7.74. The van der Waals surface area contributed by atoms with Gasteiger partial charge in [0.15, 0.2) is 5.11 Å². The molecule has 76 valence electrons. The standard InChI is InChI=1S/C7H15N3O2S/c1-5(6(3-11)4-12)9-10-7(13)8-2/h6,11-12H,3-4H2,1-2H3,(H2,8,10,13). The van der Waals surface area contributed by atoms with E-state index in [-0.39, 0.29) is 19.1 Å². The number of nitrogens with zero attached hydrogens (tertiary/aromatic N) is 1. The summed E-state index contributed by atoms with van der Waals surface area (Å²) in [5, 5.41) is 24.6. The molecule has 0 rings (SSSR count). The molecule has 0 radical (unpaired) electrons. The average molecular weight is 205 g/mol. The summed E-state index contributed by atoms with van der Waals surface area (Å²) in [6.45, 7) is 1.46. The van der Waals surface area contributed by atoms with E-state index in [1.165, 1.54) is 0 Å². The van der Waals surface area contributed by atoms with Crippen LogP contribution in [0.15, 0.2) is 5.10 Å². The van der Waals surface area contributed by atoms with Gasteiger partial charge < -0.3 is 15.5 Å². The van der Waals surface area contributed by atoms with Gasteiger partial charge in [-0.1, -0.05) is 0 Å². The van der Waals surface area contributed by atoms with E-state index in [4.69, 9.17) is 22.4 Å². The summed E-state index contributed by atoms with van der Waals surface area (Å²) in [7, 11) is 1.68. The maximum atomic E-state index is 8.80. The third kappa shape index (κ3) is 4.76. The van der Waals surface area contributed by atoms with E-state index in [0.717, 1.165) is 0 Å². The summed E-state index contributed by atoms with van der Waals surface area (Å²) >= 11 is 4.78. The minimum absolute atomic E-state index is 0.125. The van der Waals surface area contributed by atoms with Crippen molar-refractivity contribution in [2.45, 2.75) is 6.92 Å². The largest absolute Gasteiger partial charge is 0.396 e. The van der Waals surface area contributed by atoms with Crippen LogP contribution >= 0.6 is 12.2 Å². The zero-order valence-corrected chi connectivity index (χ0v) is 8.56. The second-order valence-electron chi connectivity index (χ2n) is 2.51. The van der Waals surface area contributed by atoms with Gasteiger partial charge in [-0.2, -0.15) is 5.10 Å². The average Bonchev–Trinajstić information content (AvgIpc) is 2.16. The first-order valence-electron chi connectivity index (χ1n) is 3.89. The van der Waals surface area contributed by atoms with Gasteiger partial charge in [0.2, 0.25) is 0 Å². The molecule has 0 atom stereocenters. The predicted molar refractivity (Wildman–Crippen MR) is 55.6 cm³/mol. The number of hydrogen-bond acceptors (Lipinski definition) is 4. The molecule has 13 heavy (non-hydrogen) atoms. The number of aliphatic hydroxyl groups is 2. The Labute approximate surface area is 82.8 Å². The van der Waals surface area contributed by atoms with Crippen LogP contribution < -0.4 is 10.7 Å². The van der Waals surface area contributed by atoms with Crippen LogP contribution in [0.25, 0.3) is 0 Å². The van der Waals surface area contributed by atoms with Crippen LogP contribution in [0.1, 0.15) is 6.92 Å². The van der Waals surface area contributed by atoms with E-state index in [9.17, 15) is 0 Å². The molecule has 0 amide bonds. The summed E-state index contributed by atoms with van der Waals surface area (Å²) in [6.07, 6.45) is 0. The number of hydrazone groups is 1. The van der Waals surface area contributed by atoms with E-state index >= 15 is 0 Å². The van der Waals surface area contributed by atoms with Gasteiger partial charge in [0.1, 0.15) is 0 Å². The van der Waals surface area contributed by atoms with Crippen molar-refractivity contribution in [1.82, 2.24) is 10.7 Å². The third-order valence-electron chi connectivity index (χ3n) is 1.59. The van der Waals surface area contributed by atoms with Crippen LogP contribution in [0, 0.1) is 5.92 Å². The van der Waals surface area contributed by atoms with Gasteiger partial charge >= 0.3 is 0 Å². The van der Waals surface area contributed by atoms with Crippen molar-refractivity contribution in [3.8, 4) is 0 Å². The van der Waals surface area contributed by atoms with Crippen molar-refractivity contribution in [3.05, 3.63) is 0 Å². The Morgan fingerprint density at radius 2 is 2.00 bits per heavy atom. The predicted octanol–water partition coefficient (Wildman–Crippen LogP) is -0.943. The molecule has 6 heteroatoms. The molecule has 0 heterocycles. The Morgan fingerprint density at radius 3 is 2.38 bits per heavy atom. The van der Waals surface area contributed by atoms with Gasteiger partial charge in [-0.05, 0) is 19.1 Å². The third-order valence-corrected chi connectivity index (χ3v) is 1.89. The summed E-state index contributed by atoms with van der Waals surface area (Å²) in [6, 6.07) is 0. The zero-order chi connectivity index (χ0) is 10.3. The van der Waals surface area contributed by atoms with Gasteiger partial charge in [0, 0.05) is 18.7 Å². The Balaban J connectivity index is 4.06. The number of nitrogens with one attached hydrogen (secondary N) is 2. The van der Waals surface area contributed by atoms with E-state index in [1.807, 2.05) is 0 Å². The topological polar surface area (TPSA) is 76.9 Å². The lowest BCUT2D eigenvalue weighted by Gasteiger charge is -2.10. The first-order chi connectivity index (χ1) is 6.15. The second-order valence-corrected chi connectivity index (χ2v) is 2.91. The molecule has 0 saturated carbocycles. The van der Waals surface area contributed by atoms with Crippen molar-refractivity contribution >= 4 is 23.0 Å². The van der Waals surface area contributed by atoms with Gasteiger partial charge in [-0.25, -0.2) is 0 Å². The molecule has 0 aromatic carbocycles. The summed E-state index contributed by atoms with van der Waals surface area (Å²) in [4.78, 5) is 0. The molecule has 5 nitrogen and oxygen atoms in total. The van der Waals surface area contributed by atoms with Gasteiger partial charge in [-0.3, -0.25) is 5.43 Å². The minimum Gasteiger partial charge on any atom is -0.396 e. The molecule has 0 bridgehead atoms. The summed E-state index contributed by atoms with van der Waals surface area (Å²) < 4.78 is 0.